The summed E-state index contributed by atoms with van der Waals surface area (Å²) in [6.07, 6.45) is 5.42. The Balaban J connectivity index is 0.00000115. The summed E-state index contributed by atoms with van der Waals surface area (Å²) >= 11 is 0. The molecule has 192 valence electrons. The second-order valence-electron chi connectivity index (χ2n) is 9.24. The Morgan fingerprint density at radius 1 is 1.06 bits per heavy atom. The van der Waals surface area contributed by atoms with E-state index in [2.05, 4.69) is 24.5 Å². The highest BCUT2D eigenvalue weighted by Crippen LogP contribution is 2.30. The Morgan fingerprint density at radius 2 is 1.78 bits per heavy atom. The summed E-state index contributed by atoms with van der Waals surface area (Å²) in [5.41, 5.74) is 9.60. The van der Waals surface area contributed by atoms with E-state index in [9.17, 15) is 19.2 Å². The van der Waals surface area contributed by atoms with Crippen molar-refractivity contribution in [3.63, 3.8) is 0 Å². The fraction of sp³-hybridized carbons (Fsp3) is 0.429. The van der Waals surface area contributed by atoms with Gasteiger partial charge in [0.15, 0.2) is 0 Å². The summed E-state index contributed by atoms with van der Waals surface area (Å²) in [4.78, 5) is 50.3. The van der Waals surface area contributed by atoms with Gasteiger partial charge in [0.2, 0.25) is 11.8 Å². The van der Waals surface area contributed by atoms with E-state index in [0.717, 1.165) is 36.8 Å². The van der Waals surface area contributed by atoms with Gasteiger partial charge in [0.1, 0.15) is 6.04 Å². The molecule has 2 aliphatic rings. The minimum atomic E-state index is -0.597. The second kappa shape index (κ2) is 12.9. The molecule has 2 heterocycles. The number of amides is 4. The molecule has 4 rings (SSSR count). The van der Waals surface area contributed by atoms with Crippen LogP contribution in [0.3, 0.4) is 0 Å². The van der Waals surface area contributed by atoms with Crippen LogP contribution >= 0.6 is 0 Å². The van der Waals surface area contributed by atoms with E-state index in [1.807, 2.05) is 12.1 Å². The summed E-state index contributed by atoms with van der Waals surface area (Å²) in [5.74, 6) is -0.935. The number of carbonyl (C=O) groups is 4. The minimum Gasteiger partial charge on any atom is -0.399 e. The number of nitrogens with two attached hydrogens (primary N) is 1. The molecule has 4 N–H and O–H groups in total. The zero-order chi connectivity index (χ0) is 26.1. The Kier molecular flexibility index (Phi) is 9.61. The van der Waals surface area contributed by atoms with Crippen LogP contribution in [-0.4, -0.2) is 41.1 Å². The number of benzene rings is 2. The molecule has 1 fully saturated rings. The largest absolute Gasteiger partial charge is 0.399 e. The van der Waals surface area contributed by atoms with Crippen LogP contribution in [0, 0.1) is 0 Å². The van der Waals surface area contributed by atoms with Crippen molar-refractivity contribution < 1.29 is 19.2 Å². The summed E-state index contributed by atoms with van der Waals surface area (Å²) in [6, 6.07) is 12.0. The maximum absolute atomic E-state index is 12.9. The van der Waals surface area contributed by atoms with Crippen molar-refractivity contribution in [3.8, 4) is 0 Å². The summed E-state index contributed by atoms with van der Waals surface area (Å²) in [6.45, 7) is 5.24. The quantitative estimate of drug-likeness (QED) is 0.295. The molecule has 0 saturated carbocycles. The number of hydrogen-bond donors (Lipinski definition) is 3. The SMILES string of the molecule is CCC.Nc1ccc(C(=O)NCCCCCc2cccc3c2CN(C2CCC(=O)NC2=O)C3=O)cc1. The predicted octanol–water partition coefficient (Wildman–Crippen LogP) is 3.59. The molecular weight excluding hydrogens is 456 g/mol. The zero-order valence-electron chi connectivity index (χ0n) is 21.1. The van der Waals surface area contributed by atoms with Gasteiger partial charge in [-0.2, -0.15) is 0 Å². The number of anilines is 1. The standard InChI is InChI=1S/C25H28N4O4.C3H8/c26-18-10-8-17(9-11-18)23(31)27-14-3-1-2-5-16-6-4-7-19-20(16)15-29(25(19)33)21-12-13-22(30)28-24(21)32;1-3-2/h4,6-11,21H,1-3,5,12-15,26H2,(H,27,31)(H,28,30,32);3H2,1-2H3. The first-order valence-corrected chi connectivity index (χ1v) is 12.7. The first-order chi connectivity index (χ1) is 17.3. The van der Waals surface area contributed by atoms with Gasteiger partial charge in [0.05, 0.1) is 0 Å². The van der Waals surface area contributed by atoms with Gasteiger partial charge in [0.25, 0.3) is 11.8 Å². The normalized spacial score (nSPS) is 16.7. The fourth-order valence-electron chi connectivity index (χ4n) is 4.44. The van der Waals surface area contributed by atoms with Gasteiger partial charge in [-0.25, -0.2) is 0 Å². The lowest BCUT2D eigenvalue weighted by Crippen LogP contribution is -2.52. The van der Waals surface area contributed by atoms with Crippen molar-refractivity contribution in [1.82, 2.24) is 15.5 Å². The highest BCUT2D eigenvalue weighted by atomic mass is 16.2. The fourth-order valence-corrected chi connectivity index (χ4v) is 4.44. The summed E-state index contributed by atoms with van der Waals surface area (Å²) in [5, 5.41) is 5.26. The maximum Gasteiger partial charge on any atom is 0.255 e. The highest BCUT2D eigenvalue weighted by molar-refractivity contribution is 6.05. The lowest BCUT2D eigenvalue weighted by atomic mass is 9.98. The Labute approximate surface area is 212 Å². The molecule has 1 unspecified atom stereocenters. The van der Waals surface area contributed by atoms with Crippen LogP contribution in [0.1, 0.15) is 84.2 Å². The number of fused-ring (bicyclic) bond motifs is 1. The van der Waals surface area contributed by atoms with E-state index >= 15 is 0 Å². The van der Waals surface area contributed by atoms with Crippen LogP contribution < -0.4 is 16.4 Å². The van der Waals surface area contributed by atoms with Crippen LogP contribution in [0.4, 0.5) is 5.69 Å². The van der Waals surface area contributed by atoms with Crippen molar-refractivity contribution in [2.45, 2.75) is 71.4 Å². The molecule has 8 nitrogen and oxygen atoms in total. The monoisotopic (exact) mass is 492 g/mol. The number of unbranched alkanes of at least 4 members (excludes halogenated alkanes) is 2. The number of carbonyl (C=O) groups excluding carboxylic acids is 4. The first-order valence-electron chi connectivity index (χ1n) is 12.7. The van der Waals surface area contributed by atoms with Gasteiger partial charge >= 0.3 is 0 Å². The molecule has 8 heteroatoms. The average Bonchev–Trinajstić information content (AvgIpc) is 3.19. The number of nitrogens with one attached hydrogen (secondary N) is 2. The second-order valence-corrected chi connectivity index (χ2v) is 9.24. The number of rotatable bonds is 8. The third-order valence-corrected chi connectivity index (χ3v) is 6.26. The Morgan fingerprint density at radius 3 is 2.47 bits per heavy atom. The van der Waals surface area contributed by atoms with E-state index in [-0.39, 0.29) is 24.1 Å². The average molecular weight is 493 g/mol. The van der Waals surface area contributed by atoms with E-state index in [0.29, 0.717) is 36.3 Å². The number of piperidine rings is 1. The van der Waals surface area contributed by atoms with E-state index in [4.69, 9.17) is 5.73 Å². The van der Waals surface area contributed by atoms with Crippen molar-refractivity contribution in [3.05, 3.63) is 64.7 Å². The first kappa shape index (κ1) is 26.9. The van der Waals surface area contributed by atoms with Gasteiger partial charge < -0.3 is 16.0 Å². The lowest BCUT2D eigenvalue weighted by molar-refractivity contribution is -0.136. The predicted molar refractivity (Wildman–Crippen MR) is 139 cm³/mol. The molecular formula is C28H36N4O4. The third-order valence-electron chi connectivity index (χ3n) is 6.26. The third kappa shape index (κ3) is 6.71. The van der Waals surface area contributed by atoms with Crippen molar-refractivity contribution in [2.24, 2.45) is 0 Å². The number of nitrogen functional groups attached to an aromatic ring is 1. The molecule has 2 aromatic carbocycles. The van der Waals surface area contributed by atoms with Crippen molar-refractivity contribution in [1.29, 1.82) is 0 Å². The minimum absolute atomic E-state index is 0.108. The van der Waals surface area contributed by atoms with E-state index in [1.54, 1.807) is 35.2 Å². The van der Waals surface area contributed by atoms with Gasteiger partial charge in [-0.15, -0.1) is 0 Å². The topological polar surface area (TPSA) is 122 Å². The molecule has 4 amide bonds. The Hall–Kier alpha value is -3.68. The molecule has 36 heavy (non-hydrogen) atoms. The molecule has 0 aliphatic carbocycles. The number of imide groups is 1. The lowest BCUT2D eigenvalue weighted by Gasteiger charge is -2.29. The van der Waals surface area contributed by atoms with Crippen LogP contribution in [0.15, 0.2) is 42.5 Å². The summed E-state index contributed by atoms with van der Waals surface area (Å²) < 4.78 is 0. The highest BCUT2D eigenvalue weighted by Gasteiger charge is 2.39. The molecule has 0 aromatic heterocycles. The molecule has 0 radical (unpaired) electrons. The smallest absolute Gasteiger partial charge is 0.255 e. The van der Waals surface area contributed by atoms with Gasteiger partial charge in [-0.05, 0) is 67.1 Å². The molecule has 2 aliphatic heterocycles. The number of hydrogen-bond acceptors (Lipinski definition) is 5. The van der Waals surface area contributed by atoms with Crippen molar-refractivity contribution in [2.75, 3.05) is 12.3 Å². The van der Waals surface area contributed by atoms with Crippen LogP contribution in [0.5, 0.6) is 0 Å². The molecule has 0 bridgehead atoms. The molecule has 1 atom stereocenters. The van der Waals surface area contributed by atoms with Gasteiger partial charge in [0, 0.05) is 36.3 Å². The molecule has 1 saturated heterocycles. The van der Waals surface area contributed by atoms with Crippen LogP contribution in [0.25, 0.3) is 0 Å². The molecule has 0 spiro atoms. The number of nitrogens with zero attached hydrogens (tertiary/aromatic N) is 1. The van der Waals surface area contributed by atoms with Crippen LogP contribution in [-0.2, 0) is 22.6 Å². The van der Waals surface area contributed by atoms with E-state index in [1.165, 1.54) is 6.42 Å². The zero-order valence-corrected chi connectivity index (χ0v) is 21.1. The van der Waals surface area contributed by atoms with Crippen molar-refractivity contribution >= 4 is 29.3 Å². The summed E-state index contributed by atoms with van der Waals surface area (Å²) in [7, 11) is 0. The van der Waals surface area contributed by atoms with Gasteiger partial charge in [-0.1, -0.05) is 38.8 Å². The number of aryl methyl sites for hydroxylation is 1. The van der Waals surface area contributed by atoms with Crippen LogP contribution in [0.2, 0.25) is 0 Å². The molecule has 2 aromatic rings. The van der Waals surface area contributed by atoms with E-state index < -0.39 is 11.9 Å². The Bertz CT molecular complexity index is 1100. The maximum atomic E-state index is 12.9. The van der Waals surface area contributed by atoms with Gasteiger partial charge in [-0.3, -0.25) is 24.5 Å².